The summed E-state index contributed by atoms with van der Waals surface area (Å²) in [4.78, 5) is 13.5. The van der Waals surface area contributed by atoms with Crippen LogP contribution < -0.4 is 0 Å². The van der Waals surface area contributed by atoms with Crippen molar-refractivity contribution in [1.29, 1.82) is 0 Å². The fraction of sp³-hybridized carbons (Fsp3) is 0.158. The van der Waals surface area contributed by atoms with E-state index in [4.69, 9.17) is 4.98 Å². The molecule has 0 radical (unpaired) electrons. The number of rotatable bonds is 4. The summed E-state index contributed by atoms with van der Waals surface area (Å²) < 4.78 is 3.63. The van der Waals surface area contributed by atoms with Crippen LogP contribution in [0.15, 0.2) is 55.1 Å². The Labute approximate surface area is 154 Å². The van der Waals surface area contributed by atoms with Gasteiger partial charge in [0.1, 0.15) is 0 Å². The lowest BCUT2D eigenvalue weighted by molar-refractivity contribution is 0.660. The second-order valence-corrected chi connectivity index (χ2v) is 6.26. The van der Waals surface area contributed by atoms with Crippen molar-refractivity contribution < 1.29 is 0 Å². The zero-order valence-corrected chi connectivity index (χ0v) is 14.7. The summed E-state index contributed by atoms with van der Waals surface area (Å²) >= 11 is 0. The molecule has 0 amide bonds. The average Bonchev–Trinajstić information content (AvgIpc) is 3.35. The maximum absolute atomic E-state index is 4.72. The average molecular weight is 356 g/mol. The van der Waals surface area contributed by atoms with Crippen molar-refractivity contribution in [1.82, 2.24) is 39.7 Å². The van der Waals surface area contributed by atoms with Gasteiger partial charge in [0.05, 0.1) is 30.1 Å². The molecule has 5 aromatic rings. The van der Waals surface area contributed by atoms with Gasteiger partial charge in [-0.15, -0.1) is 5.10 Å². The van der Waals surface area contributed by atoms with Crippen LogP contribution >= 0.6 is 0 Å². The maximum Gasteiger partial charge on any atom is 0.221 e. The SMILES string of the molecule is CCn1cc(-c2cnc3nnn(Cc4ccc5ncccc5c4)c3n2)cn1. The first-order chi connectivity index (χ1) is 13.3. The van der Waals surface area contributed by atoms with E-state index >= 15 is 0 Å². The Morgan fingerprint density at radius 3 is 2.93 bits per heavy atom. The van der Waals surface area contributed by atoms with Crippen LogP contribution in [0.1, 0.15) is 12.5 Å². The summed E-state index contributed by atoms with van der Waals surface area (Å²) in [5, 5.41) is 13.8. The molecular formula is C19H16N8. The number of pyridine rings is 1. The summed E-state index contributed by atoms with van der Waals surface area (Å²) in [6.45, 7) is 3.42. The lowest BCUT2D eigenvalue weighted by Crippen LogP contribution is -2.03. The Balaban J connectivity index is 1.53. The highest BCUT2D eigenvalue weighted by molar-refractivity contribution is 5.79. The van der Waals surface area contributed by atoms with Crippen molar-refractivity contribution in [2.75, 3.05) is 0 Å². The monoisotopic (exact) mass is 356 g/mol. The molecule has 0 unspecified atom stereocenters. The fourth-order valence-electron chi connectivity index (χ4n) is 3.07. The predicted octanol–water partition coefficient (Wildman–Crippen LogP) is 2.70. The van der Waals surface area contributed by atoms with Crippen LogP contribution in [0.2, 0.25) is 0 Å². The van der Waals surface area contributed by atoms with Crippen LogP contribution in [-0.2, 0) is 13.1 Å². The zero-order valence-electron chi connectivity index (χ0n) is 14.7. The molecule has 132 valence electrons. The summed E-state index contributed by atoms with van der Waals surface area (Å²) in [6.07, 6.45) is 7.26. The molecule has 0 aliphatic rings. The highest BCUT2D eigenvalue weighted by Crippen LogP contribution is 2.19. The molecule has 0 saturated carbocycles. The van der Waals surface area contributed by atoms with Gasteiger partial charge in [0, 0.05) is 29.9 Å². The van der Waals surface area contributed by atoms with E-state index < -0.39 is 0 Å². The van der Waals surface area contributed by atoms with Gasteiger partial charge in [-0.3, -0.25) is 9.67 Å². The molecule has 0 saturated heterocycles. The normalized spacial score (nSPS) is 11.4. The molecule has 0 atom stereocenters. The van der Waals surface area contributed by atoms with E-state index in [2.05, 4.69) is 37.5 Å². The van der Waals surface area contributed by atoms with Gasteiger partial charge in [-0.25, -0.2) is 14.6 Å². The van der Waals surface area contributed by atoms with Gasteiger partial charge >= 0.3 is 0 Å². The van der Waals surface area contributed by atoms with Crippen molar-refractivity contribution in [3.8, 4) is 11.3 Å². The van der Waals surface area contributed by atoms with Gasteiger partial charge in [0.2, 0.25) is 5.65 Å². The predicted molar refractivity (Wildman–Crippen MR) is 101 cm³/mol. The quantitative estimate of drug-likeness (QED) is 0.492. The van der Waals surface area contributed by atoms with Gasteiger partial charge in [-0.1, -0.05) is 17.3 Å². The van der Waals surface area contributed by atoms with E-state index in [0.29, 0.717) is 17.8 Å². The molecule has 0 fully saturated rings. The largest absolute Gasteiger partial charge is 0.272 e. The van der Waals surface area contributed by atoms with Crippen LogP contribution in [0.25, 0.3) is 33.5 Å². The van der Waals surface area contributed by atoms with E-state index in [1.54, 1.807) is 23.3 Å². The molecule has 5 rings (SSSR count). The van der Waals surface area contributed by atoms with Crippen molar-refractivity contribution in [3.63, 3.8) is 0 Å². The van der Waals surface area contributed by atoms with Crippen molar-refractivity contribution in [2.45, 2.75) is 20.0 Å². The van der Waals surface area contributed by atoms with E-state index in [0.717, 1.165) is 34.3 Å². The van der Waals surface area contributed by atoms with Crippen LogP contribution in [-0.4, -0.2) is 39.7 Å². The lowest BCUT2D eigenvalue weighted by atomic mass is 10.1. The standard InChI is InChI=1S/C19H16N8/c1-2-26-12-15(9-22-26)17-10-21-18-19(23-17)27(25-24-18)11-13-5-6-16-14(8-13)4-3-7-20-16/h3-10,12H,2,11H2,1H3. The number of benzene rings is 1. The van der Waals surface area contributed by atoms with Crippen LogP contribution in [0.4, 0.5) is 0 Å². The highest BCUT2D eigenvalue weighted by atomic mass is 15.4. The van der Waals surface area contributed by atoms with E-state index in [9.17, 15) is 0 Å². The Morgan fingerprint density at radius 2 is 2.04 bits per heavy atom. The Bertz CT molecular complexity index is 1250. The third kappa shape index (κ3) is 2.80. The first-order valence-corrected chi connectivity index (χ1v) is 8.73. The first kappa shape index (κ1) is 15.6. The fourth-order valence-corrected chi connectivity index (χ4v) is 3.07. The molecular weight excluding hydrogens is 340 g/mol. The lowest BCUT2D eigenvalue weighted by Gasteiger charge is -2.04. The number of aromatic nitrogens is 8. The first-order valence-electron chi connectivity index (χ1n) is 8.73. The van der Waals surface area contributed by atoms with Gasteiger partial charge in [-0.2, -0.15) is 5.10 Å². The van der Waals surface area contributed by atoms with E-state index in [-0.39, 0.29) is 0 Å². The van der Waals surface area contributed by atoms with Crippen molar-refractivity contribution in [2.24, 2.45) is 0 Å². The summed E-state index contributed by atoms with van der Waals surface area (Å²) in [7, 11) is 0. The third-order valence-electron chi connectivity index (χ3n) is 4.48. The Morgan fingerprint density at radius 1 is 1.07 bits per heavy atom. The van der Waals surface area contributed by atoms with Crippen LogP contribution in [0.3, 0.4) is 0 Å². The third-order valence-corrected chi connectivity index (χ3v) is 4.48. The number of hydrogen-bond acceptors (Lipinski definition) is 6. The summed E-state index contributed by atoms with van der Waals surface area (Å²) in [5.74, 6) is 0. The number of fused-ring (bicyclic) bond motifs is 2. The van der Waals surface area contributed by atoms with E-state index in [1.807, 2.05) is 36.0 Å². The second kappa shape index (κ2) is 6.24. The minimum Gasteiger partial charge on any atom is -0.272 e. The van der Waals surface area contributed by atoms with Crippen molar-refractivity contribution in [3.05, 3.63) is 60.7 Å². The maximum atomic E-state index is 4.72. The zero-order chi connectivity index (χ0) is 18.2. The second-order valence-electron chi connectivity index (χ2n) is 6.26. The topological polar surface area (TPSA) is 87.2 Å². The molecule has 8 heteroatoms. The van der Waals surface area contributed by atoms with Crippen LogP contribution in [0.5, 0.6) is 0 Å². The van der Waals surface area contributed by atoms with Crippen molar-refractivity contribution >= 4 is 22.2 Å². The van der Waals surface area contributed by atoms with Gasteiger partial charge in [0.15, 0.2) is 5.65 Å². The molecule has 27 heavy (non-hydrogen) atoms. The molecule has 0 bridgehead atoms. The Kier molecular flexibility index (Phi) is 3.60. The highest BCUT2D eigenvalue weighted by Gasteiger charge is 2.12. The number of hydrogen-bond donors (Lipinski definition) is 0. The molecule has 8 nitrogen and oxygen atoms in total. The van der Waals surface area contributed by atoms with Crippen LogP contribution in [0, 0.1) is 0 Å². The van der Waals surface area contributed by atoms with Gasteiger partial charge in [0.25, 0.3) is 0 Å². The molecule has 4 heterocycles. The summed E-state index contributed by atoms with van der Waals surface area (Å²) in [6, 6.07) is 10.2. The number of aryl methyl sites for hydroxylation is 1. The molecule has 0 N–H and O–H groups in total. The smallest absolute Gasteiger partial charge is 0.221 e. The molecule has 0 aliphatic carbocycles. The van der Waals surface area contributed by atoms with Gasteiger partial charge < -0.3 is 0 Å². The molecule has 4 aromatic heterocycles. The van der Waals surface area contributed by atoms with E-state index in [1.165, 1.54) is 0 Å². The van der Waals surface area contributed by atoms with Gasteiger partial charge in [-0.05, 0) is 30.7 Å². The molecule has 1 aromatic carbocycles. The summed E-state index contributed by atoms with van der Waals surface area (Å²) in [5.41, 5.74) is 4.95. The minimum absolute atomic E-state index is 0.532. The minimum atomic E-state index is 0.532. The molecule has 0 spiro atoms. The number of nitrogens with zero attached hydrogens (tertiary/aromatic N) is 8. The Hall–Kier alpha value is -3.68. The molecule has 0 aliphatic heterocycles.